The third-order valence-corrected chi connectivity index (χ3v) is 4.27. The van der Waals surface area contributed by atoms with Gasteiger partial charge in [-0.3, -0.25) is 4.79 Å². The van der Waals surface area contributed by atoms with Gasteiger partial charge in [-0.25, -0.2) is 4.79 Å². The van der Waals surface area contributed by atoms with Gasteiger partial charge in [0.15, 0.2) is 12.4 Å². The Balaban J connectivity index is 1.81. The molecule has 3 rings (SSSR count). The first-order chi connectivity index (χ1) is 15.0. The number of nitrogens with zero attached hydrogens (tertiary/aromatic N) is 4. The average molecular weight is 443 g/mol. The first kappa shape index (κ1) is 22.0. The molecule has 0 spiro atoms. The van der Waals surface area contributed by atoms with Gasteiger partial charge in [0, 0.05) is 10.6 Å². The van der Waals surface area contributed by atoms with E-state index in [0.717, 1.165) is 10.4 Å². The third kappa shape index (κ3) is 5.67. The molecule has 1 heterocycles. The maximum Gasteiger partial charge on any atom is 0.364 e. The van der Waals surface area contributed by atoms with Gasteiger partial charge in [0.2, 0.25) is 5.69 Å². The van der Waals surface area contributed by atoms with Crippen LogP contribution in [-0.2, 0) is 4.74 Å². The van der Waals surface area contributed by atoms with Crippen LogP contribution in [0.4, 0.5) is 0 Å². The first-order valence-corrected chi connectivity index (χ1v) is 9.62. The van der Waals surface area contributed by atoms with Crippen LogP contribution < -0.4 is 9.47 Å². The first-order valence-electron chi connectivity index (χ1n) is 9.24. The Morgan fingerprint density at radius 3 is 2.48 bits per heavy atom. The van der Waals surface area contributed by atoms with E-state index in [-0.39, 0.29) is 30.6 Å². The minimum Gasteiger partial charge on any atom is -0.497 e. The fourth-order valence-electron chi connectivity index (χ4n) is 2.46. The molecule has 0 aliphatic rings. The maximum absolute atomic E-state index is 12.5. The molecule has 0 N–H and O–H groups in total. The highest BCUT2D eigenvalue weighted by atomic mass is 35.5. The van der Waals surface area contributed by atoms with Crippen molar-refractivity contribution in [2.75, 3.05) is 20.3 Å². The number of methoxy groups -OCH3 is 1. The quantitative estimate of drug-likeness (QED) is 0.284. The zero-order chi connectivity index (χ0) is 22.2. The Hall–Kier alpha value is -3.72. The van der Waals surface area contributed by atoms with Gasteiger partial charge < -0.3 is 14.2 Å². The highest BCUT2D eigenvalue weighted by Crippen LogP contribution is 2.18. The number of aromatic nitrogens is 3. The molecule has 10 heteroatoms. The van der Waals surface area contributed by atoms with E-state index in [0.29, 0.717) is 16.3 Å². The van der Waals surface area contributed by atoms with E-state index in [4.69, 9.17) is 25.8 Å². The van der Waals surface area contributed by atoms with Gasteiger partial charge >= 0.3 is 5.97 Å². The second-order valence-corrected chi connectivity index (χ2v) is 6.53. The monoisotopic (exact) mass is 442 g/mol. The molecule has 0 fully saturated rings. The van der Waals surface area contributed by atoms with Crippen molar-refractivity contribution in [3.63, 3.8) is 0 Å². The van der Waals surface area contributed by atoms with Crippen molar-refractivity contribution < 1.29 is 23.8 Å². The number of benzene rings is 2. The molecular weight excluding hydrogens is 424 g/mol. The summed E-state index contributed by atoms with van der Waals surface area (Å²) in [7, 11) is 1.54. The molecule has 0 unspecified atom stereocenters. The Bertz CT molecular complexity index is 1080. The summed E-state index contributed by atoms with van der Waals surface area (Å²) in [5, 5.41) is 12.3. The maximum atomic E-state index is 12.5. The standard InChI is InChI=1S/C21H19ClN4O5/c1-3-30-21(28)19-20(31-13-18(27)15-6-10-17(29-2)11-7-15)26(25-24-19)23-12-14-4-8-16(22)9-5-14/h4-12H,3,13H2,1-2H3/b23-12+. The lowest BCUT2D eigenvalue weighted by Crippen LogP contribution is -2.15. The number of hydrogen-bond acceptors (Lipinski definition) is 8. The fourth-order valence-corrected chi connectivity index (χ4v) is 2.58. The van der Waals surface area contributed by atoms with Gasteiger partial charge in [-0.05, 0) is 54.1 Å². The van der Waals surface area contributed by atoms with Crippen LogP contribution in [0, 0.1) is 0 Å². The van der Waals surface area contributed by atoms with Gasteiger partial charge in [-0.2, -0.15) is 5.10 Å². The topological polar surface area (TPSA) is 105 Å². The lowest BCUT2D eigenvalue weighted by Gasteiger charge is -2.07. The third-order valence-electron chi connectivity index (χ3n) is 4.02. The number of halogens is 1. The minimum absolute atomic E-state index is 0.106. The Kier molecular flexibility index (Phi) is 7.34. The second kappa shape index (κ2) is 10.4. The van der Waals surface area contributed by atoms with Gasteiger partial charge in [0.05, 0.1) is 19.9 Å². The van der Waals surface area contributed by atoms with Crippen LogP contribution >= 0.6 is 11.6 Å². The normalized spacial score (nSPS) is 10.8. The minimum atomic E-state index is -0.734. The van der Waals surface area contributed by atoms with Crippen LogP contribution in [0.3, 0.4) is 0 Å². The van der Waals surface area contributed by atoms with E-state index in [2.05, 4.69) is 15.4 Å². The van der Waals surface area contributed by atoms with Crippen molar-refractivity contribution in [1.82, 2.24) is 15.1 Å². The predicted molar refractivity (Wildman–Crippen MR) is 113 cm³/mol. The SMILES string of the molecule is CCOC(=O)c1nnn(/N=C/c2ccc(Cl)cc2)c1OCC(=O)c1ccc(OC)cc1. The lowest BCUT2D eigenvalue weighted by molar-refractivity contribution is 0.0512. The second-order valence-electron chi connectivity index (χ2n) is 6.09. The molecule has 0 amide bonds. The van der Waals surface area contributed by atoms with E-state index < -0.39 is 5.97 Å². The molecule has 31 heavy (non-hydrogen) atoms. The Morgan fingerprint density at radius 2 is 1.84 bits per heavy atom. The van der Waals surface area contributed by atoms with Gasteiger partial charge in [0.25, 0.3) is 5.88 Å². The number of ketones is 1. The smallest absolute Gasteiger partial charge is 0.364 e. The van der Waals surface area contributed by atoms with Crippen molar-refractivity contribution in [2.45, 2.75) is 6.92 Å². The molecule has 0 aliphatic heterocycles. The highest BCUT2D eigenvalue weighted by molar-refractivity contribution is 6.30. The molecule has 2 aromatic carbocycles. The van der Waals surface area contributed by atoms with Crippen LogP contribution in [0.5, 0.6) is 11.6 Å². The number of Topliss-reactive ketones (excluding diaryl/α,β-unsaturated/α-hetero) is 1. The van der Waals surface area contributed by atoms with E-state index in [1.165, 1.54) is 13.3 Å². The van der Waals surface area contributed by atoms with Crippen molar-refractivity contribution in [2.24, 2.45) is 5.10 Å². The molecule has 0 radical (unpaired) electrons. The van der Waals surface area contributed by atoms with Gasteiger partial charge in [0.1, 0.15) is 5.75 Å². The van der Waals surface area contributed by atoms with Crippen molar-refractivity contribution >= 4 is 29.6 Å². The number of carbonyl (C=O) groups excluding carboxylic acids is 2. The summed E-state index contributed by atoms with van der Waals surface area (Å²) < 4.78 is 15.6. The molecule has 3 aromatic rings. The molecule has 0 aliphatic carbocycles. The van der Waals surface area contributed by atoms with E-state index >= 15 is 0 Å². The van der Waals surface area contributed by atoms with Crippen molar-refractivity contribution in [1.29, 1.82) is 0 Å². The molecular formula is C21H19ClN4O5. The predicted octanol–water partition coefficient (Wildman–Crippen LogP) is 3.26. The summed E-state index contributed by atoms with van der Waals surface area (Å²) in [5.41, 5.74) is 0.970. The van der Waals surface area contributed by atoms with Crippen LogP contribution in [0.2, 0.25) is 5.02 Å². The van der Waals surface area contributed by atoms with Crippen LogP contribution in [0.1, 0.15) is 33.3 Å². The molecule has 0 atom stereocenters. The fraction of sp³-hybridized carbons (Fsp3) is 0.190. The molecule has 9 nitrogen and oxygen atoms in total. The zero-order valence-electron chi connectivity index (χ0n) is 16.8. The summed E-state index contributed by atoms with van der Waals surface area (Å²) in [4.78, 5) is 25.7. The van der Waals surface area contributed by atoms with E-state index in [1.54, 1.807) is 55.5 Å². The van der Waals surface area contributed by atoms with Gasteiger partial charge in [-0.15, -0.1) is 5.10 Å². The molecule has 0 bridgehead atoms. The summed E-state index contributed by atoms with van der Waals surface area (Å²) in [6.45, 7) is 1.45. The van der Waals surface area contributed by atoms with Gasteiger partial charge in [-0.1, -0.05) is 28.5 Å². The number of rotatable bonds is 9. The molecule has 0 saturated carbocycles. The molecule has 1 aromatic heterocycles. The summed E-state index contributed by atoms with van der Waals surface area (Å²) in [6, 6.07) is 13.5. The van der Waals surface area contributed by atoms with E-state index in [9.17, 15) is 9.59 Å². The lowest BCUT2D eigenvalue weighted by atomic mass is 10.1. The average Bonchev–Trinajstić information content (AvgIpc) is 3.20. The molecule has 0 saturated heterocycles. The van der Waals surface area contributed by atoms with Crippen LogP contribution in [0.15, 0.2) is 53.6 Å². The largest absolute Gasteiger partial charge is 0.497 e. The summed E-state index contributed by atoms with van der Waals surface area (Å²) in [6.07, 6.45) is 1.48. The van der Waals surface area contributed by atoms with Crippen molar-refractivity contribution in [3.8, 4) is 11.6 Å². The zero-order valence-corrected chi connectivity index (χ0v) is 17.6. The number of carbonyl (C=O) groups is 2. The Morgan fingerprint density at radius 1 is 1.13 bits per heavy atom. The summed E-state index contributed by atoms with van der Waals surface area (Å²) in [5.74, 6) is -0.527. The van der Waals surface area contributed by atoms with Crippen molar-refractivity contribution in [3.05, 3.63) is 70.4 Å². The van der Waals surface area contributed by atoms with E-state index in [1.807, 2.05) is 0 Å². The van der Waals surface area contributed by atoms with Crippen LogP contribution in [-0.4, -0.2) is 53.4 Å². The Labute approximate surface area is 183 Å². The number of esters is 1. The summed E-state index contributed by atoms with van der Waals surface area (Å²) >= 11 is 5.88. The highest BCUT2D eigenvalue weighted by Gasteiger charge is 2.23. The molecule has 160 valence electrons. The number of ether oxygens (including phenoxy) is 3. The van der Waals surface area contributed by atoms with Crippen LogP contribution in [0.25, 0.3) is 0 Å². The number of hydrogen-bond donors (Lipinski definition) is 0.